The number of methoxy groups -OCH3 is 1. The zero-order chi connectivity index (χ0) is 25.3. The Labute approximate surface area is 206 Å². The second-order valence-electron chi connectivity index (χ2n) is 9.15. The predicted octanol–water partition coefficient (Wildman–Crippen LogP) is 3.31. The van der Waals surface area contributed by atoms with Crippen molar-refractivity contribution in [3.63, 3.8) is 0 Å². The summed E-state index contributed by atoms with van der Waals surface area (Å²) < 4.78 is 6.09. The molecule has 1 N–H and O–H groups in total. The molecule has 2 atom stereocenters. The Morgan fingerprint density at radius 3 is 2.54 bits per heavy atom. The molecule has 1 aromatic carbocycles. The van der Waals surface area contributed by atoms with Gasteiger partial charge in [-0.2, -0.15) is 0 Å². The average Bonchev–Trinajstić information content (AvgIpc) is 3.17. The smallest absolute Gasteiger partial charge is 0.339 e. The van der Waals surface area contributed by atoms with Crippen molar-refractivity contribution in [2.75, 3.05) is 25.5 Å². The SMILES string of the molecule is COC(=O)c1ccccc1NC(=O)c1sc2ncn(CC(=O)N3C[C@@H](C)C[C@H](C)C3)c(=O)c2c1C. The fourth-order valence-corrected chi connectivity index (χ4v) is 5.69. The lowest BCUT2D eigenvalue weighted by Crippen LogP contribution is -2.44. The fourth-order valence-electron chi connectivity index (χ4n) is 4.66. The van der Waals surface area contributed by atoms with Gasteiger partial charge in [-0.25, -0.2) is 9.78 Å². The van der Waals surface area contributed by atoms with Crippen LogP contribution in [0.5, 0.6) is 0 Å². The summed E-state index contributed by atoms with van der Waals surface area (Å²) in [7, 11) is 1.27. The number of hydrogen-bond donors (Lipinski definition) is 1. The summed E-state index contributed by atoms with van der Waals surface area (Å²) in [5.74, 6) is -0.299. The van der Waals surface area contributed by atoms with Crippen molar-refractivity contribution in [1.82, 2.24) is 14.5 Å². The van der Waals surface area contributed by atoms with Crippen LogP contribution in [0.15, 0.2) is 35.4 Å². The third-order valence-corrected chi connectivity index (χ3v) is 7.43. The summed E-state index contributed by atoms with van der Waals surface area (Å²) >= 11 is 1.09. The van der Waals surface area contributed by atoms with Gasteiger partial charge in [-0.15, -0.1) is 11.3 Å². The van der Waals surface area contributed by atoms with Crippen LogP contribution in [0.1, 0.15) is 45.9 Å². The van der Waals surface area contributed by atoms with E-state index in [4.69, 9.17) is 4.74 Å². The van der Waals surface area contributed by atoms with Crippen LogP contribution in [0.25, 0.3) is 10.2 Å². The monoisotopic (exact) mass is 496 g/mol. The molecule has 1 aliphatic rings. The van der Waals surface area contributed by atoms with Crippen molar-refractivity contribution < 1.29 is 19.1 Å². The van der Waals surface area contributed by atoms with E-state index in [0.717, 1.165) is 17.8 Å². The number of benzene rings is 1. The zero-order valence-corrected chi connectivity index (χ0v) is 21.0. The van der Waals surface area contributed by atoms with Crippen LogP contribution in [0, 0.1) is 18.8 Å². The number of likely N-dealkylation sites (tertiary alicyclic amines) is 1. The number of rotatable bonds is 5. The predicted molar refractivity (Wildman–Crippen MR) is 134 cm³/mol. The van der Waals surface area contributed by atoms with Gasteiger partial charge in [0.2, 0.25) is 5.91 Å². The average molecular weight is 497 g/mol. The molecule has 0 bridgehead atoms. The van der Waals surface area contributed by atoms with Crippen LogP contribution in [-0.2, 0) is 16.1 Å². The second-order valence-corrected chi connectivity index (χ2v) is 10.1. The molecule has 1 saturated heterocycles. The molecule has 1 aliphatic heterocycles. The van der Waals surface area contributed by atoms with E-state index in [1.807, 2.05) is 4.90 Å². The van der Waals surface area contributed by atoms with Crippen molar-refractivity contribution >= 4 is 45.0 Å². The molecule has 3 heterocycles. The van der Waals surface area contributed by atoms with E-state index in [1.54, 1.807) is 31.2 Å². The number of carbonyl (C=O) groups excluding carboxylic acids is 3. The van der Waals surface area contributed by atoms with Gasteiger partial charge in [-0.3, -0.25) is 19.0 Å². The Kier molecular flexibility index (Phi) is 7.02. The number of thiophene rings is 1. The third-order valence-electron chi connectivity index (χ3n) is 6.23. The van der Waals surface area contributed by atoms with E-state index in [0.29, 0.717) is 51.3 Å². The van der Waals surface area contributed by atoms with Gasteiger partial charge >= 0.3 is 5.97 Å². The number of aryl methyl sites for hydroxylation is 1. The lowest BCUT2D eigenvalue weighted by atomic mass is 9.92. The lowest BCUT2D eigenvalue weighted by Gasteiger charge is -2.35. The summed E-state index contributed by atoms with van der Waals surface area (Å²) in [5, 5.41) is 3.05. The van der Waals surface area contributed by atoms with Crippen LogP contribution < -0.4 is 10.9 Å². The number of carbonyl (C=O) groups is 3. The number of nitrogens with one attached hydrogen (secondary N) is 1. The molecule has 0 spiro atoms. The molecule has 0 unspecified atom stereocenters. The Hall–Kier alpha value is -3.53. The van der Waals surface area contributed by atoms with Gasteiger partial charge in [0.05, 0.1) is 35.0 Å². The number of piperidine rings is 1. The number of para-hydroxylation sites is 1. The molecule has 2 amide bonds. The van der Waals surface area contributed by atoms with Gasteiger partial charge in [0.1, 0.15) is 11.4 Å². The number of nitrogens with zero attached hydrogens (tertiary/aromatic N) is 3. The Morgan fingerprint density at radius 2 is 1.86 bits per heavy atom. The first-order valence-corrected chi connectivity index (χ1v) is 12.3. The third kappa shape index (κ3) is 4.97. The number of esters is 1. The molecular formula is C25H28N4O5S. The van der Waals surface area contributed by atoms with E-state index in [-0.39, 0.29) is 23.6 Å². The molecule has 0 saturated carbocycles. The van der Waals surface area contributed by atoms with Gasteiger partial charge in [0.25, 0.3) is 11.5 Å². The van der Waals surface area contributed by atoms with Crippen molar-refractivity contribution in [3.05, 3.63) is 57.0 Å². The topological polar surface area (TPSA) is 111 Å². The summed E-state index contributed by atoms with van der Waals surface area (Å²) in [4.78, 5) is 58.1. The van der Waals surface area contributed by atoms with Crippen LogP contribution >= 0.6 is 11.3 Å². The molecule has 9 nitrogen and oxygen atoms in total. The zero-order valence-electron chi connectivity index (χ0n) is 20.2. The van der Waals surface area contributed by atoms with Gasteiger partial charge in [-0.1, -0.05) is 26.0 Å². The number of hydrogen-bond acceptors (Lipinski definition) is 7. The molecule has 0 aliphatic carbocycles. The van der Waals surface area contributed by atoms with Gasteiger partial charge in [-0.05, 0) is 42.9 Å². The standard InChI is InChI=1S/C25H28N4O5S/c1-14-9-15(2)11-28(10-14)19(30)12-29-13-26-23-20(24(29)32)16(3)21(35-23)22(31)27-18-8-6-5-7-17(18)25(33)34-4/h5-8,13-15H,9-12H2,1-4H3,(H,27,31)/t14-,15-/m0/s1. The highest BCUT2D eigenvalue weighted by Gasteiger charge is 2.26. The maximum atomic E-state index is 13.2. The summed E-state index contributed by atoms with van der Waals surface area (Å²) in [6.07, 6.45) is 2.45. The molecule has 184 valence electrons. The highest BCUT2D eigenvalue weighted by Crippen LogP contribution is 2.28. The van der Waals surface area contributed by atoms with Crippen LogP contribution in [0.4, 0.5) is 5.69 Å². The minimum absolute atomic E-state index is 0.0927. The van der Waals surface area contributed by atoms with Gasteiger partial charge in [0.15, 0.2) is 0 Å². The maximum absolute atomic E-state index is 13.2. The normalized spacial score (nSPS) is 17.9. The van der Waals surface area contributed by atoms with Gasteiger partial charge < -0.3 is 15.0 Å². The minimum atomic E-state index is -0.569. The highest BCUT2D eigenvalue weighted by atomic mass is 32.1. The molecule has 10 heteroatoms. The van der Waals surface area contributed by atoms with Crippen LogP contribution in [0.3, 0.4) is 0 Å². The summed E-state index contributed by atoms with van der Waals surface area (Å²) in [6.45, 7) is 7.21. The summed E-state index contributed by atoms with van der Waals surface area (Å²) in [6, 6.07) is 6.53. The van der Waals surface area contributed by atoms with E-state index in [1.165, 1.54) is 18.0 Å². The Bertz CT molecular complexity index is 1350. The van der Waals surface area contributed by atoms with E-state index in [2.05, 4.69) is 24.1 Å². The first kappa shape index (κ1) is 24.6. The molecule has 4 rings (SSSR count). The maximum Gasteiger partial charge on any atom is 0.339 e. The molecule has 0 radical (unpaired) electrons. The largest absolute Gasteiger partial charge is 0.465 e. The van der Waals surface area contributed by atoms with E-state index in [9.17, 15) is 19.2 Å². The molecular weight excluding hydrogens is 468 g/mol. The van der Waals surface area contributed by atoms with E-state index < -0.39 is 11.9 Å². The number of fused-ring (bicyclic) bond motifs is 1. The number of amides is 2. The second kappa shape index (κ2) is 9.99. The fraction of sp³-hybridized carbons (Fsp3) is 0.400. The van der Waals surface area contributed by atoms with Crippen molar-refractivity contribution in [2.24, 2.45) is 11.8 Å². The molecule has 1 fully saturated rings. The van der Waals surface area contributed by atoms with Crippen LogP contribution in [-0.4, -0.2) is 52.4 Å². The molecule has 3 aromatic rings. The van der Waals surface area contributed by atoms with Gasteiger partial charge in [0, 0.05) is 13.1 Å². The minimum Gasteiger partial charge on any atom is -0.465 e. The number of ether oxygens (including phenoxy) is 1. The van der Waals surface area contributed by atoms with Crippen molar-refractivity contribution in [2.45, 2.75) is 33.7 Å². The Morgan fingerprint density at radius 1 is 1.17 bits per heavy atom. The number of anilines is 1. The lowest BCUT2D eigenvalue weighted by molar-refractivity contribution is -0.134. The van der Waals surface area contributed by atoms with Crippen LogP contribution in [0.2, 0.25) is 0 Å². The van der Waals surface area contributed by atoms with Crippen molar-refractivity contribution in [1.29, 1.82) is 0 Å². The quantitative estimate of drug-likeness (QED) is 0.543. The summed E-state index contributed by atoms with van der Waals surface area (Å²) in [5.41, 5.74) is 0.659. The van der Waals surface area contributed by atoms with E-state index >= 15 is 0 Å². The first-order valence-electron chi connectivity index (χ1n) is 11.4. The molecule has 35 heavy (non-hydrogen) atoms. The first-order chi connectivity index (χ1) is 16.7. The number of aromatic nitrogens is 2. The molecule has 2 aromatic heterocycles. The highest BCUT2D eigenvalue weighted by molar-refractivity contribution is 7.20. The van der Waals surface area contributed by atoms with Crippen molar-refractivity contribution in [3.8, 4) is 0 Å². The Balaban J connectivity index is 1.60.